The number of nitrogens with one attached hydrogen (secondary N) is 1. The normalized spacial score (nSPS) is 14.6. The van der Waals surface area contributed by atoms with Gasteiger partial charge in [0, 0.05) is 19.2 Å². The van der Waals surface area contributed by atoms with Gasteiger partial charge in [-0.2, -0.15) is 0 Å². The molecular weight excluding hydrogens is 283 g/mol. The zero-order valence-electron chi connectivity index (χ0n) is 11.1. The summed E-state index contributed by atoms with van der Waals surface area (Å²) in [6.07, 6.45) is -1.65. The molecule has 0 unspecified atom stereocenters. The molecule has 2 rings (SSSR count). The number of anilines is 2. The van der Waals surface area contributed by atoms with Crippen molar-refractivity contribution in [3.8, 4) is 0 Å². The monoisotopic (exact) mass is 298 g/mol. The van der Waals surface area contributed by atoms with Crippen LogP contribution >= 0.6 is 0 Å². The molecule has 1 heterocycles. The molecule has 1 aromatic carbocycles. The maximum Gasteiger partial charge on any atom is 0.531 e. The lowest BCUT2D eigenvalue weighted by molar-refractivity contribution is 0.0941. The maximum absolute atomic E-state index is 14.2. The Bertz CT molecular complexity index is 548. The Hall–Kier alpha value is -2.55. The van der Waals surface area contributed by atoms with Crippen molar-refractivity contribution in [1.29, 1.82) is 5.41 Å². The fraction of sp³-hybridized carbons (Fsp3) is 0.333. The van der Waals surface area contributed by atoms with E-state index in [1.54, 1.807) is 0 Å². The molecule has 8 nitrogen and oxygen atoms in total. The van der Waals surface area contributed by atoms with Gasteiger partial charge in [-0.25, -0.2) is 9.18 Å². The maximum atomic E-state index is 14.2. The molecule has 4 N–H and O–H groups in total. The van der Waals surface area contributed by atoms with Crippen molar-refractivity contribution in [3.63, 3.8) is 0 Å². The lowest BCUT2D eigenvalue weighted by atomic mass is 10.2. The van der Waals surface area contributed by atoms with Gasteiger partial charge in [0.15, 0.2) is 0 Å². The quantitative estimate of drug-likeness (QED) is 0.423. The summed E-state index contributed by atoms with van der Waals surface area (Å²) in [7, 11) is 0. The van der Waals surface area contributed by atoms with Crippen LogP contribution in [0.3, 0.4) is 0 Å². The van der Waals surface area contributed by atoms with Crippen molar-refractivity contribution in [2.45, 2.75) is 0 Å². The Kier molecular flexibility index (Phi) is 4.43. The summed E-state index contributed by atoms with van der Waals surface area (Å²) in [6, 6.07) is 3.98. The van der Waals surface area contributed by atoms with Gasteiger partial charge in [-0.05, 0) is 12.1 Å². The molecule has 1 fully saturated rings. The second-order valence-corrected chi connectivity index (χ2v) is 4.27. The number of ether oxygens (including phenoxy) is 1. The smallest absolute Gasteiger partial charge is 0.448 e. The van der Waals surface area contributed by atoms with Gasteiger partial charge in [-0.1, -0.05) is 0 Å². The van der Waals surface area contributed by atoms with E-state index in [9.17, 15) is 9.18 Å². The van der Waals surface area contributed by atoms with Crippen LogP contribution in [0.2, 0.25) is 0 Å². The third-order valence-corrected chi connectivity index (χ3v) is 2.91. The van der Waals surface area contributed by atoms with Crippen LogP contribution in [0.15, 0.2) is 18.2 Å². The van der Waals surface area contributed by atoms with Gasteiger partial charge in [-0.3, -0.25) is 10.2 Å². The van der Waals surface area contributed by atoms with E-state index in [4.69, 9.17) is 21.0 Å². The fourth-order valence-electron chi connectivity index (χ4n) is 2.00. The number of benzene rings is 1. The number of carboxylic acid groups (broad SMARTS) is 1. The summed E-state index contributed by atoms with van der Waals surface area (Å²) in [5, 5.41) is 16.4. The summed E-state index contributed by atoms with van der Waals surface area (Å²) in [4.78, 5) is 16.7. The van der Waals surface area contributed by atoms with Gasteiger partial charge in [0.25, 0.3) is 0 Å². The minimum absolute atomic E-state index is 0.0133. The van der Waals surface area contributed by atoms with Gasteiger partial charge in [0.05, 0.1) is 24.6 Å². The zero-order valence-corrected chi connectivity index (χ0v) is 11.1. The Morgan fingerprint density at radius 2 is 2.14 bits per heavy atom. The highest BCUT2D eigenvalue weighted by molar-refractivity contribution is 5.92. The van der Waals surface area contributed by atoms with Crippen LogP contribution in [-0.2, 0) is 9.57 Å². The number of hydrogen-bond donors (Lipinski definition) is 3. The van der Waals surface area contributed by atoms with Crippen molar-refractivity contribution in [2.75, 3.05) is 36.3 Å². The van der Waals surface area contributed by atoms with E-state index in [0.29, 0.717) is 37.1 Å². The lowest BCUT2D eigenvalue weighted by Crippen LogP contribution is -2.38. The van der Waals surface area contributed by atoms with Crippen molar-refractivity contribution >= 4 is 23.5 Å². The SMILES string of the molecule is N=C(N)N(OC(=O)O)c1ccc(N2CCOCC2)c(F)c1. The summed E-state index contributed by atoms with van der Waals surface area (Å²) in [5.74, 6) is -1.23. The number of carbonyl (C=O) groups is 1. The van der Waals surface area contributed by atoms with Gasteiger partial charge >= 0.3 is 6.16 Å². The molecule has 0 radical (unpaired) electrons. The number of hydroxylamine groups is 1. The van der Waals surface area contributed by atoms with Gasteiger partial charge < -0.3 is 20.5 Å². The van der Waals surface area contributed by atoms with Crippen LogP contribution in [0.25, 0.3) is 0 Å². The highest BCUT2D eigenvalue weighted by atomic mass is 19.1. The average Bonchev–Trinajstić information content (AvgIpc) is 2.45. The number of rotatable bonds is 2. The highest BCUT2D eigenvalue weighted by Crippen LogP contribution is 2.25. The predicted molar refractivity (Wildman–Crippen MR) is 72.9 cm³/mol. The zero-order chi connectivity index (χ0) is 15.4. The van der Waals surface area contributed by atoms with E-state index in [0.717, 1.165) is 6.07 Å². The molecule has 0 atom stereocenters. The van der Waals surface area contributed by atoms with Crippen LogP contribution in [0.5, 0.6) is 0 Å². The number of nitrogens with zero attached hydrogens (tertiary/aromatic N) is 2. The first kappa shape index (κ1) is 14.9. The van der Waals surface area contributed by atoms with Crippen LogP contribution < -0.4 is 15.7 Å². The van der Waals surface area contributed by atoms with Crippen LogP contribution in [0, 0.1) is 11.2 Å². The third kappa shape index (κ3) is 3.51. The number of morpholine rings is 1. The van der Waals surface area contributed by atoms with Gasteiger partial charge in [-0.15, -0.1) is 5.06 Å². The molecule has 114 valence electrons. The van der Waals surface area contributed by atoms with Crippen molar-refractivity contribution < 1.29 is 23.9 Å². The average molecular weight is 298 g/mol. The first-order valence-electron chi connectivity index (χ1n) is 6.16. The van der Waals surface area contributed by atoms with Crippen LogP contribution in [0.1, 0.15) is 0 Å². The third-order valence-electron chi connectivity index (χ3n) is 2.91. The topological polar surface area (TPSA) is 112 Å². The molecule has 0 amide bonds. The molecular formula is C12H15FN4O4. The summed E-state index contributed by atoms with van der Waals surface area (Å²) in [6.45, 7) is 2.17. The fourth-order valence-corrected chi connectivity index (χ4v) is 2.00. The Balaban J connectivity index is 2.24. The summed E-state index contributed by atoms with van der Waals surface area (Å²) in [5.41, 5.74) is 5.61. The molecule has 1 aliphatic heterocycles. The predicted octanol–water partition coefficient (Wildman–Crippen LogP) is 0.972. The van der Waals surface area contributed by atoms with Crippen molar-refractivity contribution in [3.05, 3.63) is 24.0 Å². The van der Waals surface area contributed by atoms with E-state index < -0.39 is 17.9 Å². The highest BCUT2D eigenvalue weighted by Gasteiger charge is 2.20. The molecule has 0 spiro atoms. The molecule has 1 aliphatic rings. The molecule has 0 aliphatic carbocycles. The summed E-state index contributed by atoms with van der Waals surface area (Å²) >= 11 is 0. The molecule has 1 saturated heterocycles. The van der Waals surface area contributed by atoms with E-state index in [-0.39, 0.29) is 5.69 Å². The minimum atomic E-state index is -1.65. The molecule has 0 saturated carbocycles. The largest absolute Gasteiger partial charge is 0.531 e. The van der Waals surface area contributed by atoms with E-state index in [1.807, 2.05) is 4.90 Å². The van der Waals surface area contributed by atoms with E-state index in [2.05, 4.69) is 4.84 Å². The Labute approximate surface area is 119 Å². The molecule has 9 heteroatoms. The number of halogens is 1. The van der Waals surface area contributed by atoms with Gasteiger partial charge in [0.1, 0.15) is 5.82 Å². The second-order valence-electron chi connectivity index (χ2n) is 4.27. The first-order chi connectivity index (χ1) is 9.99. The van der Waals surface area contributed by atoms with Crippen molar-refractivity contribution in [2.24, 2.45) is 5.73 Å². The van der Waals surface area contributed by atoms with Crippen molar-refractivity contribution in [1.82, 2.24) is 0 Å². The van der Waals surface area contributed by atoms with Crippen LogP contribution in [-0.4, -0.2) is 43.5 Å². The lowest BCUT2D eigenvalue weighted by Gasteiger charge is -2.29. The Morgan fingerprint density at radius 3 is 2.67 bits per heavy atom. The van der Waals surface area contributed by atoms with Gasteiger partial charge in [0.2, 0.25) is 5.96 Å². The molecule has 1 aromatic rings. The standard InChI is InChI=1S/C12H15FN4O4/c13-9-7-8(17(11(14)15)21-12(18)19)1-2-10(9)16-3-5-20-6-4-16/h1-2,7H,3-6H2,(H3,14,15)(H,18,19). The molecule has 0 bridgehead atoms. The first-order valence-corrected chi connectivity index (χ1v) is 6.16. The van der Waals surface area contributed by atoms with E-state index in [1.165, 1.54) is 12.1 Å². The minimum Gasteiger partial charge on any atom is -0.448 e. The second kappa shape index (κ2) is 6.27. The van der Waals surface area contributed by atoms with E-state index >= 15 is 0 Å². The number of nitrogens with two attached hydrogens (primary N) is 1. The van der Waals surface area contributed by atoms with Crippen LogP contribution in [0.4, 0.5) is 20.6 Å². The molecule has 0 aromatic heterocycles. The number of hydrogen-bond acceptors (Lipinski definition) is 5. The summed E-state index contributed by atoms with van der Waals surface area (Å²) < 4.78 is 19.4. The Morgan fingerprint density at radius 1 is 1.48 bits per heavy atom. The number of guanidine groups is 1. The molecule has 21 heavy (non-hydrogen) atoms.